The summed E-state index contributed by atoms with van der Waals surface area (Å²) in [6.45, 7) is 1.71. The van der Waals surface area contributed by atoms with E-state index in [1.54, 1.807) is 6.92 Å². The van der Waals surface area contributed by atoms with E-state index >= 15 is 0 Å². The summed E-state index contributed by atoms with van der Waals surface area (Å²) in [5.74, 6) is -1.34. The number of sulfone groups is 1. The Kier molecular flexibility index (Phi) is 4.79. The van der Waals surface area contributed by atoms with Gasteiger partial charge in [-0.1, -0.05) is 11.6 Å². The summed E-state index contributed by atoms with van der Waals surface area (Å²) in [7, 11) is -3.06. The second-order valence-corrected chi connectivity index (χ2v) is 8.37. The predicted octanol–water partition coefficient (Wildman–Crippen LogP) is 2.93. The van der Waals surface area contributed by atoms with Crippen LogP contribution in [0.25, 0.3) is 0 Å². The smallest absolute Gasteiger partial charge is 0.152 e. The molecular weight excluding hydrogens is 374 g/mol. The van der Waals surface area contributed by atoms with Crippen LogP contribution in [0.3, 0.4) is 0 Å². The van der Waals surface area contributed by atoms with Gasteiger partial charge in [-0.25, -0.2) is 21.9 Å². The summed E-state index contributed by atoms with van der Waals surface area (Å²) >= 11 is 6.30. The average molecular weight is 389 g/mol. The first-order valence-electron chi connectivity index (χ1n) is 7.46. The van der Waals surface area contributed by atoms with E-state index in [4.69, 9.17) is 11.6 Å². The fourth-order valence-electron chi connectivity index (χ4n) is 2.64. The van der Waals surface area contributed by atoms with Crippen LogP contribution in [-0.4, -0.2) is 35.9 Å². The Balaban J connectivity index is 1.79. The van der Waals surface area contributed by atoms with Crippen LogP contribution in [-0.2, 0) is 9.84 Å². The maximum atomic E-state index is 13.5. The molecule has 0 radical (unpaired) electrons. The standard InChI is InChI=1S/C15H15ClF2N4O2S/c1-9-12(7-19-20-14-3-2-10(17)6-13(14)18)15(16)22(21-9)11-4-5-25(23,24)8-11/h2-3,6-7,11,20H,4-5,8H2,1H3/b19-7-/t11-/m1/s1. The minimum atomic E-state index is -3.06. The Bertz CT molecular complexity index is 943. The molecule has 1 aliphatic heterocycles. The van der Waals surface area contributed by atoms with Gasteiger partial charge in [-0.15, -0.1) is 0 Å². The molecule has 6 nitrogen and oxygen atoms in total. The van der Waals surface area contributed by atoms with E-state index < -0.39 is 21.5 Å². The number of anilines is 1. The molecule has 0 spiro atoms. The summed E-state index contributed by atoms with van der Waals surface area (Å²) in [6.07, 6.45) is 1.83. The third-order valence-electron chi connectivity index (χ3n) is 3.93. The first kappa shape index (κ1) is 17.8. The lowest BCUT2D eigenvalue weighted by atomic mass is 10.2. The lowest BCUT2D eigenvalue weighted by molar-refractivity contribution is 0.497. The van der Waals surface area contributed by atoms with Gasteiger partial charge in [0.25, 0.3) is 0 Å². The molecule has 0 aliphatic carbocycles. The Morgan fingerprint density at radius 2 is 2.20 bits per heavy atom. The molecule has 0 bridgehead atoms. The van der Waals surface area contributed by atoms with Crippen LogP contribution >= 0.6 is 11.6 Å². The van der Waals surface area contributed by atoms with Gasteiger partial charge in [-0.3, -0.25) is 5.43 Å². The van der Waals surface area contributed by atoms with Crippen molar-refractivity contribution in [1.82, 2.24) is 9.78 Å². The molecule has 1 aliphatic rings. The number of hydrazone groups is 1. The van der Waals surface area contributed by atoms with E-state index in [9.17, 15) is 17.2 Å². The quantitative estimate of drug-likeness (QED) is 0.645. The van der Waals surface area contributed by atoms with Crippen molar-refractivity contribution in [3.63, 3.8) is 0 Å². The van der Waals surface area contributed by atoms with Crippen molar-refractivity contribution < 1.29 is 17.2 Å². The number of nitrogens with one attached hydrogen (secondary N) is 1. The fourth-order valence-corrected chi connectivity index (χ4v) is 4.69. The highest BCUT2D eigenvalue weighted by molar-refractivity contribution is 7.91. The molecule has 10 heteroatoms. The maximum absolute atomic E-state index is 13.5. The van der Waals surface area contributed by atoms with Gasteiger partial charge in [-0.2, -0.15) is 10.2 Å². The van der Waals surface area contributed by atoms with Gasteiger partial charge < -0.3 is 0 Å². The van der Waals surface area contributed by atoms with E-state index in [-0.39, 0.29) is 28.4 Å². The number of aryl methyl sites for hydroxylation is 1. The van der Waals surface area contributed by atoms with Crippen LogP contribution in [0.2, 0.25) is 5.15 Å². The highest BCUT2D eigenvalue weighted by atomic mass is 35.5. The van der Waals surface area contributed by atoms with E-state index in [1.807, 2.05) is 0 Å². The highest BCUT2D eigenvalue weighted by Crippen LogP contribution is 2.29. The second kappa shape index (κ2) is 6.72. The molecule has 2 aromatic rings. The van der Waals surface area contributed by atoms with Crippen molar-refractivity contribution in [2.75, 3.05) is 16.9 Å². The maximum Gasteiger partial charge on any atom is 0.152 e. The SMILES string of the molecule is Cc1nn([C@@H]2CCS(=O)(=O)C2)c(Cl)c1/C=N\Nc1ccc(F)cc1F. The third kappa shape index (κ3) is 3.82. The van der Waals surface area contributed by atoms with Gasteiger partial charge in [0.2, 0.25) is 0 Å². The first-order chi connectivity index (χ1) is 11.8. The van der Waals surface area contributed by atoms with E-state index in [1.165, 1.54) is 17.0 Å². The molecule has 0 amide bonds. The van der Waals surface area contributed by atoms with Gasteiger partial charge in [0.1, 0.15) is 11.0 Å². The molecule has 1 atom stereocenters. The summed E-state index contributed by atoms with van der Waals surface area (Å²) in [6, 6.07) is 2.77. The Morgan fingerprint density at radius 3 is 2.84 bits per heavy atom. The van der Waals surface area contributed by atoms with Crippen LogP contribution in [0.1, 0.15) is 23.7 Å². The summed E-state index contributed by atoms with van der Waals surface area (Å²) in [4.78, 5) is 0. The van der Waals surface area contributed by atoms with Crippen molar-refractivity contribution in [2.45, 2.75) is 19.4 Å². The van der Waals surface area contributed by atoms with Crippen LogP contribution in [0, 0.1) is 18.6 Å². The molecular formula is C15H15ClF2N4O2S. The number of nitrogens with zero attached hydrogens (tertiary/aromatic N) is 3. The molecule has 1 aromatic carbocycles. The minimum Gasteiger partial charge on any atom is -0.276 e. The van der Waals surface area contributed by atoms with Gasteiger partial charge in [0.15, 0.2) is 15.7 Å². The van der Waals surface area contributed by atoms with Gasteiger partial charge >= 0.3 is 0 Å². The van der Waals surface area contributed by atoms with E-state index in [0.717, 1.165) is 12.1 Å². The fraction of sp³-hybridized carbons (Fsp3) is 0.333. The zero-order valence-electron chi connectivity index (χ0n) is 13.2. The molecule has 2 heterocycles. The normalized spacial score (nSPS) is 19.6. The number of benzene rings is 1. The number of hydrogen-bond donors (Lipinski definition) is 1. The first-order valence-corrected chi connectivity index (χ1v) is 9.66. The molecule has 1 aromatic heterocycles. The van der Waals surface area contributed by atoms with Crippen LogP contribution in [0.15, 0.2) is 23.3 Å². The predicted molar refractivity (Wildman–Crippen MR) is 91.9 cm³/mol. The zero-order chi connectivity index (χ0) is 18.2. The molecule has 0 saturated carbocycles. The molecule has 0 unspecified atom stereocenters. The molecule has 134 valence electrons. The lowest BCUT2D eigenvalue weighted by Gasteiger charge is -2.09. The van der Waals surface area contributed by atoms with Crippen LogP contribution in [0.5, 0.6) is 0 Å². The van der Waals surface area contributed by atoms with Crippen molar-refractivity contribution >= 4 is 33.3 Å². The lowest BCUT2D eigenvalue weighted by Crippen LogP contribution is -2.12. The van der Waals surface area contributed by atoms with Crippen molar-refractivity contribution in [3.05, 3.63) is 46.2 Å². The number of aromatic nitrogens is 2. The third-order valence-corrected chi connectivity index (χ3v) is 6.06. The van der Waals surface area contributed by atoms with Gasteiger partial charge in [0, 0.05) is 6.07 Å². The zero-order valence-corrected chi connectivity index (χ0v) is 14.8. The number of rotatable bonds is 4. The molecule has 1 fully saturated rings. The molecule has 25 heavy (non-hydrogen) atoms. The second-order valence-electron chi connectivity index (χ2n) is 5.79. The van der Waals surface area contributed by atoms with E-state index in [2.05, 4.69) is 15.6 Å². The van der Waals surface area contributed by atoms with Crippen molar-refractivity contribution in [1.29, 1.82) is 0 Å². The summed E-state index contributed by atoms with van der Waals surface area (Å²) in [5.41, 5.74) is 3.56. The van der Waals surface area contributed by atoms with Crippen molar-refractivity contribution in [3.8, 4) is 0 Å². The van der Waals surface area contributed by atoms with E-state index in [0.29, 0.717) is 17.7 Å². The number of halogens is 3. The summed E-state index contributed by atoms with van der Waals surface area (Å²) < 4.78 is 51.1. The topological polar surface area (TPSA) is 76.3 Å². The molecule has 1 saturated heterocycles. The van der Waals surface area contributed by atoms with Crippen molar-refractivity contribution in [2.24, 2.45) is 5.10 Å². The number of hydrogen-bond acceptors (Lipinski definition) is 5. The molecule has 1 N–H and O–H groups in total. The van der Waals surface area contributed by atoms with Crippen LogP contribution < -0.4 is 5.43 Å². The Labute approximate surface area is 148 Å². The highest BCUT2D eigenvalue weighted by Gasteiger charge is 2.31. The Morgan fingerprint density at radius 1 is 1.44 bits per heavy atom. The van der Waals surface area contributed by atoms with Gasteiger partial charge in [-0.05, 0) is 25.5 Å². The Hall–Kier alpha value is -2.00. The summed E-state index contributed by atoms with van der Waals surface area (Å²) in [5, 5.41) is 8.46. The van der Waals surface area contributed by atoms with Crippen LogP contribution in [0.4, 0.5) is 14.5 Å². The average Bonchev–Trinajstić information content (AvgIpc) is 3.02. The van der Waals surface area contributed by atoms with Gasteiger partial charge in [0.05, 0.1) is 40.7 Å². The largest absolute Gasteiger partial charge is 0.276 e. The molecule has 3 rings (SSSR count). The monoisotopic (exact) mass is 388 g/mol. The minimum absolute atomic E-state index is 0.00344.